The van der Waals surface area contributed by atoms with Gasteiger partial charge in [-0.3, -0.25) is 4.79 Å². The number of rotatable bonds is 5. The first-order chi connectivity index (χ1) is 17.7. The minimum atomic E-state index is -0.222. The second-order valence-electron chi connectivity index (χ2n) is 10.6. The van der Waals surface area contributed by atoms with Crippen molar-refractivity contribution in [1.29, 1.82) is 5.26 Å². The van der Waals surface area contributed by atoms with Crippen LogP contribution in [0.3, 0.4) is 0 Å². The standard InChI is InChI=1S/C31H30BrN3OS/c1-5-31(3,4)20-9-11-22-25(17-33)30(37-28(22)14-20)35-29(36)24-16-27(19-8-6-7-18(2)13-19)34-26-12-10-21(32)15-23(24)26/h6-8,10,12-13,15-16,20H,5,9,11,14H2,1-4H3,(H,35,36)/t20-/m1/s1. The normalized spacial score (nSPS) is 15.3. The number of nitrogens with one attached hydrogen (secondary N) is 1. The van der Waals surface area contributed by atoms with E-state index in [9.17, 15) is 10.1 Å². The van der Waals surface area contributed by atoms with Gasteiger partial charge in [0.25, 0.3) is 5.91 Å². The molecule has 1 aliphatic carbocycles. The minimum absolute atomic E-state index is 0.222. The molecule has 37 heavy (non-hydrogen) atoms. The van der Waals surface area contributed by atoms with Crippen LogP contribution in [0.15, 0.2) is 53.0 Å². The summed E-state index contributed by atoms with van der Waals surface area (Å²) in [6.07, 6.45) is 4.06. The summed E-state index contributed by atoms with van der Waals surface area (Å²) in [7, 11) is 0. The molecule has 188 valence electrons. The molecule has 4 aromatic rings. The van der Waals surface area contributed by atoms with Gasteiger partial charge in [-0.25, -0.2) is 4.98 Å². The van der Waals surface area contributed by atoms with Gasteiger partial charge in [0.15, 0.2) is 0 Å². The molecular weight excluding hydrogens is 542 g/mol. The molecule has 0 radical (unpaired) electrons. The molecule has 0 bridgehead atoms. The fourth-order valence-corrected chi connectivity index (χ4v) is 6.89. The van der Waals surface area contributed by atoms with E-state index in [2.05, 4.69) is 54.2 Å². The van der Waals surface area contributed by atoms with Crippen molar-refractivity contribution in [3.05, 3.63) is 80.1 Å². The number of anilines is 1. The molecule has 0 saturated heterocycles. The first-order valence-corrected chi connectivity index (χ1v) is 14.3. The summed E-state index contributed by atoms with van der Waals surface area (Å²) >= 11 is 5.12. The van der Waals surface area contributed by atoms with Crippen LogP contribution in [0.25, 0.3) is 22.2 Å². The van der Waals surface area contributed by atoms with Crippen molar-refractivity contribution in [3.8, 4) is 17.3 Å². The topological polar surface area (TPSA) is 65.8 Å². The quantitative estimate of drug-likeness (QED) is 0.260. The zero-order valence-electron chi connectivity index (χ0n) is 21.6. The van der Waals surface area contributed by atoms with Crippen LogP contribution in [-0.2, 0) is 12.8 Å². The van der Waals surface area contributed by atoms with Crippen LogP contribution in [0.2, 0.25) is 0 Å². The third kappa shape index (κ3) is 4.95. The van der Waals surface area contributed by atoms with Crippen molar-refractivity contribution in [2.45, 2.75) is 53.4 Å². The summed E-state index contributed by atoms with van der Waals surface area (Å²) in [5, 5.41) is 14.6. The third-order valence-corrected chi connectivity index (χ3v) is 9.61. The summed E-state index contributed by atoms with van der Waals surface area (Å²) in [6, 6.07) is 18.2. The van der Waals surface area contributed by atoms with Gasteiger partial charge in [-0.15, -0.1) is 11.3 Å². The number of hydrogen-bond acceptors (Lipinski definition) is 4. The van der Waals surface area contributed by atoms with Crippen LogP contribution in [0.4, 0.5) is 5.00 Å². The Bertz CT molecular complexity index is 1560. The number of benzene rings is 2. The number of aromatic nitrogens is 1. The average Bonchev–Trinajstić information content (AvgIpc) is 3.24. The number of carbonyl (C=O) groups excluding carboxylic acids is 1. The number of amides is 1. The highest BCUT2D eigenvalue weighted by Gasteiger charge is 2.34. The van der Waals surface area contributed by atoms with E-state index in [0.717, 1.165) is 63.4 Å². The Labute approximate surface area is 230 Å². The highest BCUT2D eigenvalue weighted by Crippen LogP contribution is 2.45. The van der Waals surface area contributed by atoms with Gasteiger partial charge in [-0.2, -0.15) is 5.26 Å². The lowest BCUT2D eigenvalue weighted by Crippen LogP contribution is -2.28. The van der Waals surface area contributed by atoms with Gasteiger partial charge in [0.2, 0.25) is 0 Å². The van der Waals surface area contributed by atoms with Gasteiger partial charge in [-0.1, -0.05) is 66.9 Å². The molecule has 5 rings (SSSR count). The number of aryl methyl sites for hydroxylation is 1. The Morgan fingerprint density at radius 1 is 1.24 bits per heavy atom. The fraction of sp³-hybridized carbons (Fsp3) is 0.323. The molecule has 1 amide bonds. The molecule has 2 aromatic carbocycles. The summed E-state index contributed by atoms with van der Waals surface area (Å²) in [5.74, 6) is 0.358. The molecule has 2 heterocycles. The molecule has 0 fully saturated rings. The van der Waals surface area contributed by atoms with Crippen molar-refractivity contribution in [3.63, 3.8) is 0 Å². The number of nitrogens with zero attached hydrogens (tertiary/aromatic N) is 2. The molecule has 0 unspecified atom stereocenters. The Hall–Kier alpha value is -3.01. The molecule has 6 heteroatoms. The van der Waals surface area contributed by atoms with E-state index in [0.29, 0.717) is 22.0 Å². The van der Waals surface area contributed by atoms with E-state index in [1.165, 1.54) is 4.88 Å². The van der Waals surface area contributed by atoms with Crippen LogP contribution < -0.4 is 5.32 Å². The van der Waals surface area contributed by atoms with E-state index in [1.807, 2.05) is 49.4 Å². The first kappa shape index (κ1) is 25.6. The van der Waals surface area contributed by atoms with Crippen molar-refractivity contribution in [1.82, 2.24) is 4.98 Å². The van der Waals surface area contributed by atoms with Gasteiger partial charge in [0, 0.05) is 20.3 Å². The van der Waals surface area contributed by atoms with E-state index < -0.39 is 0 Å². The Morgan fingerprint density at radius 3 is 2.78 bits per heavy atom. The zero-order valence-corrected chi connectivity index (χ0v) is 24.0. The Balaban J connectivity index is 1.54. The van der Waals surface area contributed by atoms with Gasteiger partial charge < -0.3 is 5.32 Å². The number of thiophene rings is 1. The number of hydrogen-bond donors (Lipinski definition) is 1. The highest BCUT2D eigenvalue weighted by molar-refractivity contribution is 9.10. The van der Waals surface area contributed by atoms with E-state index in [-0.39, 0.29) is 11.3 Å². The smallest absolute Gasteiger partial charge is 0.257 e. The van der Waals surface area contributed by atoms with Crippen molar-refractivity contribution >= 4 is 49.1 Å². The van der Waals surface area contributed by atoms with E-state index in [4.69, 9.17) is 4.98 Å². The summed E-state index contributed by atoms with van der Waals surface area (Å²) < 4.78 is 0.882. The molecule has 0 saturated carbocycles. The molecule has 1 aliphatic rings. The number of carbonyl (C=O) groups is 1. The average molecular weight is 573 g/mol. The lowest BCUT2D eigenvalue weighted by molar-refractivity contribution is 0.102. The van der Waals surface area contributed by atoms with Crippen LogP contribution in [-0.4, -0.2) is 10.9 Å². The molecule has 4 nitrogen and oxygen atoms in total. The second kappa shape index (κ2) is 10.0. The predicted molar refractivity (Wildman–Crippen MR) is 156 cm³/mol. The van der Waals surface area contributed by atoms with E-state index >= 15 is 0 Å². The summed E-state index contributed by atoms with van der Waals surface area (Å²) in [6.45, 7) is 8.97. The largest absolute Gasteiger partial charge is 0.312 e. The van der Waals surface area contributed by atoms with Crippen molar-refractivity contribution in [2.75, 3.05) is 5.32 Å². The van der Waals surface area contributed by atoms with E-state index in [1.54, 1.807) is 11.3 Å². The summed E-state index contributed by atoms with van der Waals surface area (Å²) in [4.78, 5) is 19.9. The molecule has 1 N–H and O–H groups in total. The van der Waals surface area contributed by atoms with Crippen LogP contribution in [0, 0.1) is 29.6 Å². The maximum absolute atomic E-state index is 13.8. The molecule has 0 aliphatic heterocycles. The lowest BCUT2D eigenvalue weighted by Gasteiger charge is -2.36. The number of halogens is 1. The minimum Gasteiger partial charge on any atom is -0.312 e. The third-order valence-electron chi connectivity index (χ3n) is 7.95. The van der Waals surface area contributed by atoms with Crippen LogP contribution in [0.5, 0.6) is 0 Å². The van der Waals surface area contributed by atoms with Crippen LogP contribution >= 0.6 is 27.3 Å². The number of pyridine rings is 1. The van der Waals surface area contributed by atoms with Gasteiger partial charge in [-0.05, 0) is 73.4 Å². The maximum Gasteiger partial charge on any atom is 0.257 e. The fourth-order valence-electron chi connectivity index (χ4n) is 5.26. The first-order valence-electron chi connectivity index (χ1n) is 12.7. The van der Waals surface area contributed by atoms with Gasteiger partial charge in [0.05, 0.1) is 22.3 Å². The molecule has 1 atom stereocenters. The molecular formula is C31H30BrN3OS. The van der Waals surface area contributed by atoms with Gasteiger partial charge >= 0.3 is 0 Å². The molecule has 2 aromatic heterocycles. The Kier molecular flexibility index (Phi) is 6.95. The summed E-state index contributed by atoms with van der Waals surface area (Å²) in [5.41, 5.74) is 6.15. The monoisotopic (exact) mass is 571 g/mol. The lowest BCUT2D eigenvalue weighted by atomic mass is 9.69. The SMILES string of the molecule is CCC(C)(C)[C@@H]1CCc2c(sc(NC(=O)c3cc(-c4cccc(C)c4)nc4ccc(Br)cc34)c2C#N)C1. The predicted octanol–water partition coefficient (Wildman–Crippen LogP) is 8.70. The number of fused-ring (bicyclic) bond motifs is 2. The van der Waals surface area contributed by atoms with Gasteiger partial charge in [0.1, 0.15) is 11.1 Å². The second-order valence-corrected chi connectivity index (χ2v) is 12.7. The van der Waals surface area contributed by atoms with Crippen molar-refractivity contribution in [2.24, 2.45) is 11.3 Å². The Morgan fingerprint density at radius 2 is 2.05 bits per heavy atom. The molecule has 0 spiro atoms. The van der Waals surface area contributed by atoms with Crippen LogP contribution in [0.1, 0.15) is 65.5 Å². The maximum atomic E-state index is 13.8. The zero-order chi connectivity index (χ0) is 26.3. The van der Waals surface area contributed by atoms with Crippen molar-refractivity contribution < 1.29 is 4.79 Å². The number of nitriles is 1. The highest BCUT2D eigenvalue weighted by atomic mass is 79.9.